The number of benzene rings is 1. The van der Waals surface area contributed by atoms with E-state index in [0.717, 1.165) is 37.6 Å². The first-order valence-electron chi connectivity index (χ1n) is 6.32. The van der Waals surface area contributed by atoms with E-state index >= 15 is 0 Å². The number of imidazole rings is 1. The highest BCUT2D eigenvalue weighted by Crippen LogP contribution is 2.14. The molecule has 1 aromatic carbocycles. The fraction of sp³-hybridized carbons (Fsp3) is 0.357. The number of hydrogen-bond acceptors (Lipinski definition) is 3. The highest BCUT2D eigenvalue weighted by molar-refractivity contribution is 5.35. The molecule has 2 aromatic rings. The highest BCUT2D eigenvalue weighted by Gasteiger charge is 2.07. The molecule has 4 nitrogen and oxygen atoms in total. The molecular weight excluding hydrogens is 224 g/mol. The maximum Gasteiger partial charge on any atom is 0.110 e. The van der Waals surface area contributed by atoms with E-state index in [1.54, 1.807) is 0 Å². The van der Waals surface area contributed by atoms with Crippen molar-refractivity contribution < 1.29 is 0 Å². The molecular formula is C14H20N4. The average Bonchev–Trinajstić information content (AvgIpc) is 2.77. The number of nitrogens with zero attached hydrogens (tertiary/aromatic N) is 2. The minimum absolute atomic E-state index is 0.726. The van der Waals surface area contributed by atoms with Gasteiger partial charge in [-0.3, -0.25) is 4.57 Å². The minimum atomic E-state index is 0.726. The van der Waals surface area contributed by atoms with Crippen molar-refractivity contribution in [2.24, 2.45) is 5.73 Å². The van der Waals surface area contributed by atoms with Crippen molar-refractivity contribution in [3.8, 4) is 5.69 Å². The van der Waals surface area contributed by atoms with Crippen LogP contribution in [-0.4, -0.2) is 22.6 Å². The van der Waals surface area contributed by atoms with E-state index in [0.29, 0.717) is 0 Å². The zero-order valence-corrected chi connectivity index (χ0v) is 10.8. The standard InChI is InChI=1S/C14H20N4/c1-12-17-11-14(10-16-9-5-8-15)18(12)13-6-3-2-4-7-13/h2-4,6-7,11,16H,5,8-10,15H2,1H3. The minimum Gasteiger partial charge on any atom is -0.330 e. The van der Waals surface area contributed by atoms with Crippen LogP contribution in [-0.2, 0) is 6.54 Å². The van der Waals surface area contributed by atoms with Gasteiger partial charge in [-0.25, -0.2) is 4.98 Å². The molecule has 0 unspecified atom stereocenters. The van der Waals surface area contributed by atoms with Crippen LogP contribution < -0.4 is 11.1 Å². The summed E-state index contributed by atoms with van der Waals surface area (Å²) in [6.07, 6.45) is 2.93. The summed E-state index contributed by atoms with van der Waals surface area (Å²) in [6, 6.07) is 10.3. The van der Waals surface area contributed by atoms with Crippen molar-refractivity contribution in [1.29, 1.82) is 0 Å². The van der Waals surface area contributed by atoms with Gasteiger partial charge in [0, 0.05) is 12.2 Å². The van der Waals surface area contributed by atoms with Crippen molar-refractivity contribution >= 4 is 0 Å². The Hall–Kier alpha value is -1.65. The third-order valence-corrected chi connectivity index (χ3v) is 2.89. The molecule has 96 valence electrons. The lowest BCUT2D eigenvalue weighted by molar-refractivity contribution is 0.638. The lowest BCUT2D eigenvalue weighted by atomic mass is 10.3. The van der Waals surface area contributed by atoms with Gasteiger partial charge in [0.1, 0.15) is 5.82 Å². The summed E-state index contributed by atoms with van der Waals surface area (Å²) in [7, 11) is 0. The molecule has 0 saturated heterocycles. The number of para-hydroxylation sites is 1. The van der Waals surface area contributed by atoms with Gasteiger partial charge in [0.15, 0.2) is 0 Å². The maximum absolute atomic E-state index is 5.48. The zero-order valence-electron chi connectivity index (χ0n) is 10.8. The van der Waals surface area contributed by atoms with Crippen LogP contribution in [0.25, 0.3) is 5.69 Å². The Morgan fingerprint density at radius 2 is 2.06 bits per heavy atom. The van der Waals surface area contributed by atoms with Crippen LogP contribution in [0.3, 0.4) is 0 Å². The number of hydrogen-bond donors (Lipinski definition) is 2. The highest BCUT2D eigenvalue weighted by atomic mass is 15.1. The number of aromatic nitrogens is 2. The van der Waals surface area contributed by atoms with E-state index in [-0.39, 0.29) is 0 Å². The predicted octanol–water partition coefficient (Wildman–Crippen LogP) is 1.62. The molecule has 0 aliphatic heterocycles. The van der Waals surface area contributed by atoms with Gasteiger partial charge in [-0.05, 0) is 38.6 Å². The molecule has 1 aromatic heterocycles. The van der Waals surface area contributed by atoms with E-state index in [2.05, 4.69) is 27.0 Å². The topological polar surface area (TPSA) is 55.9 Å². The van der Waals surface area contributed by atoms with Crippen LogP contribution in [0.1, 0.15) is 17.9 Å². The third-order valence-electron chi connectivity index (χ3n) is 2.89. The molecule has 0 fully saturated rings. The van der Waals surface area contributed by atoms with Crippen LogP contribution in [0.15, 0.2) is 36.5 Å². The largest absolute Gasteiger partial charge is 0.330 e. The second-order valence-electron chi connectivity index (χ2n) is 4.29. The van der Waals surface area contributed by atoms with Crippen LogP contribution in [0.5, 0.6) is 0 Å². The Bertz CT molecular complexity index is 476. The molecule has 18 heavy (non-hydrogen) atoms. The summed E-state index contributed by atoms with van der Waals surface area (Å²) >= 11 is 0. The van der Waals surface area contributed by atoms with Gasteiger partial charge in [-0.2, -0.15) is 0 Å². The fourth-order valence-electron chi connectivity index (χ4n) is 1.99. The predicted molar refractivity (Wildman–Crippen MR) is 73.7 cm³/mol. The van der Waals surface area contributed by atoms with Crippen molar-refractivity contribution in [2.75, 3.05) is 13.1 Å². The molecule has 0 saturated carbocycles. The van der Waals surface area contributed by atoms with Crippen LogP contribution in [0.4, 0.5) is 0 Å². The van der Waals surface area contributed by atoms with Crippen molar-refractivity contribution in [1.82, 2.24) is 14.9 Å². The molecule has 0 atom stereocenters. The summed E-state index contributed by atoms with van der Waals surface area (Å²) in [6.45, 7) is 4.51. The molecule has 2 rings (SSSR count). The van der Waals surface area contributed by atoms with Crippen LogP contribution >= 0.6 is 0 Å². The number of nitrogens with two attached hydrogens (primary N) is 1. The third kappa shape index (κ3) is 2.97. The Kier molecular flexibility index (Phi) is 4.50. The summed E-state index contributed by atoms with van der Waals surface area (Å²) in [4.78, 5) is 4.39. The van der Waals surface area contributed by atoms with Gasteiger partial charge in [-0.15, -0.1) is 0 Å². The van der Waals surface area contributed by atoms with E-state index < -0.39 is 0 Å². The van der Waals surface area contributed by atoms with Gasteiger partial charge < -0.3 is 11.1 Å². The van der Waals surface area contributed by atoms with Crippen molar-refractivity contribution in [2.45, 2.75) is 19.9 Å². The van der Waals surface area contributed by atoms with E-state index in [1.807, 2.05) is 31.3 Å². The van der Waals surface area contributed by atoms with Crippen LogP contribution in [0.2, 0.25) is 0 Å². The molecule has 0 aliphatic rings. The summed E-state index contributed by atoms with van der Waals surface area (Å²) in [5.74, 6) is 1.01. The lowest BCUT2D eigenvalue weighted by Gasteiger charge is -2.10. The maximum atomic E-state index is 5.48. The van der Waals surface area contributed by atoms with Gasteiger partial charge in [-0.1, -0.05) is 18.2 Å². The first kappa shape index (κ1) is 12.8. The van der Waals surface area contributed by atoms with E-state index in [4.69, 9.17) is 5.73 Å². The number of rotatable bonds is 6. The van der Waals surface area contributed by atoms with Crippen LogP contribution in [0, 0.1) is 6.92 Å². The van der Waals surface area contributed by atoms with Gasteiger partial charge >= 0.3 is 0 Å². The summed E-state index contributed by atoms with van der Waals surface area (Å²) in [5.41, 5.74) is 7.81. The molecule has 0 amide bonds. The first-order chi connectivity index (χ1) is 8.83. The molecule has 3 N–H and O–H groups in total. The zero-order chi connectivity index (χ0) is 12.8. The summed E-state index contributed by atoms with van der Waals surface area (Å²) in [5, 5.41) is 3.39. The Morgan fingerprint density at radius 3 is 2.78 bits per heavy atom. The number of nitrogens with one attached hydrogen (secondary N) is 1. The molecule has 1 heterocycles. The van der Waals surface area contributed by atoms with Gasteiger partial charge in [0.05, 0.1) is 11.9 Å². The molecule has 0 bridgehead atoms. The van der Waals surface area contributed by atoms with E-state index in [1.165, 1.54) is 5.69 Å². The molecule has 0 radical (unpaired) electrons. The molecule has 0 spiro atoms. The smallest absolute Gasteiger partial charge is 0.110 e. The average molecular weight is 244 g/mol. The van der Waals surface area contributed by atoms with Gasteiger partial charge in [0.25, 0.3) is 0 Å². The first-order valence-corrected chi connectivity index (χ1v) is 6.32. The van der Waals surface area contributed by atoms with Gasteiger partial charge in [0.2, 0.25) is 0 Å². The Balaban J connectivity index is 2.12. The number of aryl methyl sites for hydroxylation is 1. The SMILES string of the molecule is Cc1ncc(CNCCCN)n1-c1ccccc1. The normalized spacial score (nSPS) is 10.8. The Labute approximate surface area is 108 Å². The van der Waals surface area contributed by atoms with Crippen molar-refractivity contribution in [3.05, 3.63) is 48.0 Å². The molecule has 0 aliphatic carbocycles. The molecule has 4 heteroatoms. The van der Waals surface area contributed by atoms with Crippen molar-refractivity contribution in [3.63, 3.8) is 0 Å². The van der Waals surface area contributed by atoms with E-state index in [9.17, 15) is 0 Å². The quantitative estimate of drug-likeness (QED) is 0.759. The second kappa shape index (κ2) is 6.33. The fourth-order valence-corrected chi connectivity index (χ4v) is 1.99. The second-order valence-corrected chi connectivity index (χ2v) is 4.29. The summed E-state index contributed by atoms with van der Waals surface area (Å²) < 4.78 is 2.18. The lowest BCUT2D eigenvalue weighted by Crippen LogP contribution is -2.19. The monoisotopic (exact) mass is 244 g/mol. The Morgan fingerprint density at radius 1 is 1.28 bits per heavy atom.